The molecule has 0 aliphatic rings. The highest BCUT2D eigenvalue weighted by Crippen LogP contribution is 2.32. The number of methoxy groups -OCH3 is 2. The van der Waals surface area contributed by atoms with Gasteiger partial charge in [-0.3, -0.25) is 0 Å². The second-order valence-corrected chi connectivity index (χ2v) is 5.73. The molecule has 24 heavy (non-hydrogen) atoms. The number of aromatic nitrogens is 3. The van der Waals surface area contributed by atoms with Crippen LogP contribution in [0.1, 0.15) is 5.89 Å². The van der Waals surface area contributed by atoms with E-state index in [1.807, 2.05) is 6.07 Å². The molecule has 0 fully saturated rings. The van der Waals surface area contributed by atoms with Gasteiger partial charge in [0.15, 0.2) is 6.20 Å². The Morgan fingerprint density at radius 2 is 2.08 bits per heavy atom. The third-order valence-corrected chi connectivity index (χ3v) is 4.25. The number of pyridine rings is 1. The predicted octanol–water partition coefficient (Wildman–Crippen LogP) is 2.68. The number of hydrogen-bond donors (Lipinski definition) is 0. The standard InChI is InChI=1S/C16H15N3O4S/c1-21-11-6-7-12(13(9-11)22-2)16-17-14(23-18-16)10-24-15-5-3-4-8-19(15)20/h3-9H,10H2,1-2H3. The normalized spacial score (nSPS) is 10.6. The molecular weight excluding hydrogens is 330 g/mol. The van der Waals surface area contributed by atoms with Gasteiger partial charge in [0.1, 0.15) is 11.5 Å². The molecule has 0 amide bonds. The molecule has 0 atom stereocenters. The first-order chi connectivity index (χ1) is 11.7. The zero-order chi connectivity index (χ0) is 16.9. The number of hydrogen-bond acceptors (Lipinski definition) is 7. The molecule has 0 unspecified atom stereocenters. The van der Waals surface area contributed by atoms with E-state index in [0.717, 1.165) is 4.73 Å². The van der Waals surface area contributed by atoms with Crippen LogP contribution in [0, 0.1) is 5.21 Å². The average Bonchev–Trinajstić information content (AvgIpc) is 3.09. The molecule has 124 valence electrons. The summed E-state index contributed by atoms with van der Waals surface area (Å²) in [7, 11) is 3.15. The molecule has 0 saturated carbocycles. The fraction of sp³-hybridized carbons (Fsp3) is 0.188. The zero-order valence-electron chi connectivity index (χ0n) is 13.1. The van der Waals surface area contributed by atoms with E-state index in [1.54, 1.807) is 44.6 Å². The SMILES string of the molecule is COc1ccc(-c2noc(CSc3cccc[n+]3[O-])n2)c(OC)c1. The van der Waals surface area contributed by atoms with Crippen LogP contribution in [0.4, 0.5) is 0 Å². The quantitative estimate of drug-likeness (QED) is 0.386. The highest BCUT2D eigenvalue weighted by molar-refractivity contribution is 7.98. The van der Waals surface area contributed by atoms with Gasteiger partial charge in [-0.2, -0.15) is 9.71 Å². The van der Waals surface area contributed by atoms with E-state index in [1.165, 1.54) is 18.0 Å². The summed E-state index contributed by atoms with van der Waals surface area (Å²) in [5.74, 6) is 2.52. The third kappa shape index (κ3) is 3.43. The molecule has 0 aliphatic heterocycles. The van der Waals surface area contributed by atoms with Crippen molar-refractivity contribution in [3.63, 3.8) is 0 Å². The highest BCUT2D eigenvalue weighted by Gasteiger charge is 2.15. The second-order valence-electron chi connectivity index (χ2n) is 4.73. The summed E-state index contributed by atoms with van der Waals surface area (Å²) in [5.41, 5.74) is 0.705. The molecule has 0 N–H and O–H groups in total. The van der Waals surface area contributed by atoms with Crippen LogP contribution in [0.25, 0.3) is 11.4 Å². The van der Waals surface area contributed by atoms with E-state index in [2.05, 4.69) is 10.1 Å². The van der Waals surface area contributed by atoms with Gasteiger partial charge in [0.2, 0.25) is 11.7 Å². The van der Waals surface area contributed by atoms with Crippen LogP contribution >= 0.6 is 11.8 Å². The molecule has 0 radical (unpaired) electrons. The van der Waals surface area contributed by atoms with Gasteiger partial charge in [-0.25, -0.2) is 0 Å². The molecule has 1 aromatic carbocycles. The number of benzene rings is 1. The first kappa shape index (κ1) is 16.1. The molecule has 3 aromatic rings. The van der Waals surface area contributed by atoms with Gasteiger partial charge < -0.3 is 19.2 Å². The predicted molar refractivity (Wildman–Crippen MR) is 87.8 cm³/mol. The Hall–Kier alpha value is -2.74. The number of thioether (sulfide) groups is 1. The minimum absolute atomic E-state index is 0.401. The summed E-state index contributed by atoms with van der Waals surface area (Å²) in [6, 6.07) is 10.6. The van der Waals surface area contributed by atoms with Crippen molar-refractivity contribution in [2.24, 2.45) is 0 Å². The molecule has 7 nitrogen and oxygen atoms in total. The maximum Gasteiger partial charge on any atom is 0.251 e. The summed E-state index contributed by atoms with van der Waals surface area (Å²) in [6.45, 7) is 0. The molecule has 0 saturated heterocycles. The molecule has 0 spiro atoms. The van der Waals surface area contributed by atoms with Crippen molar-refractivity contribution in [3.05, 3.63) is 53.7 Å². The van der Waals surface area contributed by atoms with Crippen LogP contribution in [-0.4, -0.2) is 24.4 Å². The minimum atomic E-state index is 0.401. The van der Waals surface area contributed by atoms with E-state index in [9.17, 15) is 5.21 Å². The Morgan fingerprint density at radius 3 is 2.83 bits per heavy atom. The summed E-state index contributed by atoms with van der Waals surface area (Å²) < 4.78 is 16.6. The second kappa shape index (κ2) is 7.22. The van der Waals surface area contributed by atoms with Gasteiger partial charge in [0, 0.05) is 18.2 Å². The zero-order valence-corrected chi connectivity index (χ0v) is 13.9. The summed E-state index contributed by atoms with van der Waals surface area (Å²) >= 11 is 1.33. The Bertz CT molecular complexity index is 838. The topological polar surface area (TPSA) is 84.3 Å². The first-order valence-electron chi connectivity index (χ1n) is 7.07. The monoisotopic (exact) mass is 345 g/mol. The molecular formula is C16H15N3O4S. The maximum absolute atomic E-state index is 11.6. The molecule has 0 aliphatic carbocycles. The first-order valence-corrected chi connectivity index (χ1v) is 8.06. The number of rotatable bonds is 6. The average molecular weight is 345 g/mol. The minimum Gasteiger partial charge on any atom is -0.618 e. The molecule has 2 aromatic heterocycles. The Labute approximate surface area is 142 Å². The van der Waals surface area contributed by atoms with Gasteiger partial charge in [-0.1, -0.05) is 5.16 Å². The van der Waals surface area contributed by atoms with Crippen LogP contribution in [0.2, 0.25) is 0 Å². The fourth-order valence-electron chi connectivity index (χ4n) is 2.07. The van der Waals surface area contributed by atoms with Crippen molar-refractivity contribution in [1.29, 1.82) is 0 Å². The van der Waals surface area contributed by atoms with Crippen molar-refractivity contribution in [3.8, 4) is 22.9 Å². The summed E-state index contributed by atoms with van der Waals surface area (Å²) in [6.07, 6.45) is 1.45. The van der Waals surface area contributed by atoms with Crippen LogP contribution < -0.4 is 14.2 Å². The van der Waals surface area contributed by atoms with Gasteiger partial charge in [0.25, 0.3) is 5.03 Å². The van der Waals surface area contributed by atoms with Crippen LogP contribution in [0.15, 0.2) is 52.1 Å². The van der Waals surface area contributed by atoms with Crippen LogP contribution in [-0.2, 0) is 5.75 Å². The highest BCUT2D eigenvalue weighted by atomic mass is 32.2. The summed E-state index contributed by atoms with van der Waals surface area (Å²) in [4.78, 5) is 4.36. The lowest BCUT2D eigenvalue weighted by Crippen LogP contribution is -2.27. The van der Waals surface area contributed by atoms with E-state index in [-0.39, 0.29) is 0 Å². The van der Waals surface area contributed by atoms with Crippen molar-refractivity contribution in [2.45, 2.75) is 10.8 Å². The Morgan fingerprint density at radius 1 is 1.21 bits per heavy atom. The van der Waals surface area contributed by atoms with Gasteiger partial charge in [-0.15, -0.1) is 0 Å². The lowest BCUT2D eigenvalue weighted by Gasteiger charge is -2.07. The van der Waals surface area contributed by atoms with E-state index in [4.69, 9.17) is 14.0 Å². The van der Waals surface area contributed by atoms with Crippen LogP contribution in [0.5, 0.6) is 11.5 Å². The molecule has 8 heteroatoms. The number of nitrogens with zero attached hydrogens (tertiary/aromatic N) is 3. The van der Waals surface area contributed by atoms with Crippen molar-refractivity contribution in [2.75, 3.05) is 14.2 Å². The van der Waals surface area contributed by atoms with Gasteiger partial charge in [-0.05, 0) is 30.0 Å². The smallest absolute Gasteiger partial charge is 0.251 e. The summed E-state index contributed by atoms with van der Waals surface area (Å²) in [5, 5.41) is 16.2. The van der Waals surface area contributed by atoms with Crippen molar-refractivity contribution < 1.29 is 18.7 Å². The van der Waals surface area contributed by atoms with Gasteiger partial charge in [0.05, 0.1) is 25.5 Å². The number of ether oxygens (including phenoxy) is 2. The third-order valence-electron chi connectivity index (χ3n) is 3.25. The fourth-order valence-corrected chi connectivity index (χ4v) is 2.82. The molecule has 2 heterocycles. The van der Waals surface area contributed by atoms with E-state index < -0.39 is 0 Å². The molecule has 0 bridgehead atoms. The lowest BCUT2D eigenvalue weighted by molar-refractivity contribution is -0.645. The molecule has 3 rings (SSSR count). The van der Waals surface area contributed by atoms with Crippen LogP contribution in [0.3, 0.4) is 0 Å². The van der Waals surface area contributed by atoms with E-state index in [0.29, 0.717) is 39.6 Å². The Kier molecular flexibility index (Phi) is 4.85. The van der Waals surface area contributed by atoms with Gasteiger partial charge >= 0.3 is 0 Å². The maximum atomic E-state index is 11.6. The largest absolute Gasteiger partial charge is 0.618 e. The van der Waals surface area contributed by atoms with Crippen molar-refractivity contribution in [1.82, 2.24) is 10.1 Å². The Balaban J connectivity index is 1.77. The van der Waals surface area contributed by atoms with Crippen molar-refractivity contribution >= 4 is 11.8 Å². The lowest BCUT2D eigenvalue weighted by atomic mass is 10.2. The van der Waals surface area contributed by atoms with E-state index >= 15 is 0 Å².